The molecule has 10 heteroatoms. The van der Waals surface area contributed by atoms with Crippen molar-refractivity contribution in [3.8, 4) is 11.4 Å². The molecule has 0 atom stereocenters. The van der Waals surface area contributed by atoms with Crippen molar-refractivity contribution in [3.63, 3.8) is 0 Å². The molecule has 0 aliphatic carbocycles. The standard InChI is InChI=1S/C20H19FN8O/c1-26-12-22-9-16(26)20(30)27(2)15-10-28(11-15)18-7-6-17-23-24-19(29(17)25-18)13-4-3-5-14(21)8-13/h3-9,12,15H,10-11H2,1-2H3. The molecule has 5 rings (SSSR count). The number of benzene rings is 1. The van der Waals surface area contributed by atoms with Crippen LogP contribution in [0.1, 0.15) is 10.5 Å². The Bertz CT molecular complexity index is 1240. The van der Waals surface area contributed by atoms with Crippen molar-refractivity contribution < 1.29 is 9.18 Å². The van der Waals surface area contributed by atoms with Crippen molar-refractivity contribution in [1.82, 2.24) is 34.3 Å². The summed E-state index contributed by atoms with van der Waals surface area (Å²) in [6.45, 7) is 1.33. The number of aryl methyl sites for hydroxylation is 1. The van der Waals surface area contributed by atoms with E-state index in [9.17, 15) is 9.18 Å². The topological polar surface area (TPSA) is 84.5 Å². The summed E-state index contributed by atoms with van der Waals surface area (Å²) in [7, 11) is 3.60. The van der Waals surface area contributed by atoms with Crippen LogP contribution in [0.5, 0.6) is 0 Å². The largest absolute Gasteiger partial charge is 0.351 e. The molecule has 3 aromatic heterocycles. The first-order valence-electron chi connectivity index (χ1n) is 9.48. The summed E-state index contributed by atoms with van der Waals surface area (Å²) in [5.41, 5.74) is 1.74. The normalized spacial score (nSPS) is 14.2. The number of hydrogen-bond acceptors (Lipinski definition) is 6. The Morgan fingerprint density at radius 2 is 2.03 bits per heavy atom. The molecule has 1 aliphatic heterocycles. The first-order chi connectivity index (χ1) is 14.5. The molecule has 0 unspecified atom stereocenters. The number of hydrogen-bond donors (Lipinski definition) is 0. The highest BCUT2D eigenvalue weighted by molar-refractivity contribution is 5.92. The van der Waals surface area contributed by atoms with Crippen LogP contribution >= 0.6 is 0 Å². The van der Waals surface area contributed by atoms with Gasteiger partial charge in [0.1, 0.15) is 17.3 Å². The number of imidazole rings is 1. The van der Waals surface area contributed by atoms with Gasteiger partial charge in [-0.15, -0.1) is 15.3 Å². The predicted molar refractivity (Wildman–Crippen MR) is 107 cm³/mol. The SMILES string of the molecule is CN(C(=O)c1cncn1C)C1CN(c2ccc3nnc(-c4cccc(F)c4)n3n2)C1. The summed E-state index contributed by atoms with van der Waals surface area (Å²) in [6.07, 6.45) is 3.19. The molecule has 1 amide bonds. The van der Waals surface area contributed by atoms with Gasteiger partial charge in [-0.25, -0.2) is 9.37 Å². The molecule has 0 bridgehead atoms. The lowest BCUT2D eigenvalue weighted by atomic mass is 10.1. The van der Waals surface area contributed by atoms with Crippen LogP contribution in [0.15, 0.2) is 48.9 Å². The summed E-state index contributed by atoms with van der Waals surface area (Å²) < 4.78 is 16.9. The van der Waals surface area contributed by atoms with Crippen LogP contribution < -0.4 is 4.90 Å². The molecule has 1 fully saturated rings. The summed E-state index contributed by atoms with van der Waals surface area (Å²) in [6, 6.07) is 9.97. The first kappa shape index (κ1) is 18.2. The molecule has 4 heterocycles. The minimum absolute atomic E-state index is 0.0599. The monoisotopic (exact) mass is 406 g/mol. The summed E-state index contributed by atoms with van der Waals surface area (Å²) in [5, 5.41) is 12.9. The van der Waals surface area contributed by atoms with Crippen LogP contribution in [0.2, 0.25) is 0 Å². The van der Waals surface area contributed by atoms with Gasteiger partial charge < -0.3 is 14.4 Å². The number of halogens is 1. The van der Waals surface area contributed by atoms with E-state index < -0.39 is 0 Å². The minimum atomic E-state index is -0.341. The highest BCUT2D eigenvalue weighted by atomic mass is 19.1. The predicted octanol–water partition coefficient (Wildman–Crippen LogP) is 1.62. The van der Waals surface area contributed by atoms with Gasteiger partial charge in [-0.3, -0.25) is 4.79 Å². The Labute approximate surface area is 171 Å². The highest BCUT2D eigenvalue weighted by Crippen LogP contribution is 2.24. The second-order valence-electron chi connectivity index (χ2n) is 7.36. The fourth-order valence-corrected chi connectivity index (χ4v) is 3.55. The van der Waals surface area contributed by atoms with E-state index in [-0.39, 0.29) is 17.8 Å². The van der Waals surface area contributed by atoms with Crippen molar-refractivity contribution in [2.75, 3.05) is 25.0 Å². The zero-order valence-electron chi connectivity index (χ0n) is 16.5. The quantitative estimate of drug-likeness (QED) is 0.512. The number of likely N-dealkylation sites (N-methyl/N-ethyl adjacent to an activating group) is 1. The van der Waals surface area contributed by atoms with E-state index in [1.165, 1.54) is 12.1 Å². The maximum Gasteiger partial charge on any atom is 0.272 e. The van der Waals surface area contributed by atoms with Crippen LogP contribution in [-0.2, 0) is 7.05 Å². The second kappa shape index (κ2) is 6.90. The van der Waals surface area contributed by atoms with Gasteiger partial charge in [0.15, 0.2) is 11.5 Å². The van der Waals surface area contributed by atoms with E-state index in [0.717, 1.165) is 5.82 Å². The van der Waals surface area contributed by atoms with Gasteiger partial charge in [-0.2, -0.15) is 4.52 Å². The maximum atomic E-state index is 13.6. The molecule has 0 saturated carbocycles. The third-order valence-corrected chi connectivity index (χ3v) is 5.42. The molecule has 30 heavy (non-hydrogen) atoms. The minimum Gasteiger partial charge on any atom is -0.351 e. The van der Waals surface area contributed by atoms with Gasteiger partial charge in [0.2, 0.25) is 0 Å². The van der Waals surface area contributed by atoms with Gasteiger partial charge in [0.05, 0.1) is 18.6 Å². The number of amides is 1. The molecule has 0 radical (unpaired) electrons. The fourth-order valence-electron chi connectivity index (χ4n) is 3.55. The lowest BCUT2D eigenvalue weighted by Gasteiger charge is -2.44. The van der Waals surface area contributed by atoms with E-state index >= 15 is 0 Å². The zero-order chi connectivity index (χ0) is 20.8. The van der Waals surface area contributed by atoms with E-state index in [1.54, 1.807) is 52.7 Å². The molecule has 1 aliphatic rings. The van der Waals surface area contributed by atoms with Crippen LogP contribution in [0, 0.1) is 5.82 Å². The molecule has 0 spiro atoms. The Morgan fingerprint density at radius 3 is 2.77 bits per heavy atom. The van der Waals surface area contributed by atoms with E-state index in [0.29, 0.717) is 35.8 Å². The molecular weight excluding hydrogens is 387 g/mol. The van der Waals surface area contributed by atoms with E-state index in [4.69, 9.17) is 0 Å². The molecule has 152 valence electrons. The summed E-state index contributed by atoms with van der Waals surface area (Å²) >= 11 is 0. The molecular formula is C20H19FN8O. The van der Waals surface area contributed by atoms with Crippen molar-refractivity contribution in [2.24, 2.45) is 7.05 Å². The van der Waals surface area contributed by atoms with Gasteiger partial charge in [0.25, 0.3) is 5.91 Å². The molecule has 9 nitrogen and oxygen atoms in total. The number of fused-ring (bicyclic) bond motifs is 1. The molecule has 4 aromatic rings. The van der Waals surface area contributed by atoms with Gasteiger partial charge >= 0.3 is 0 Å². The molecule has 0 N–H and O–H groups in total. The van der Waals surface area contributed by atoms with Crippen molar-refractivity contribution >= 4 is 17.4 Å². The van der Waals surface area contributed by atoms with Gasteiger partial charge in [-0.05, 0) is 24.3 Å². The fraction of sp³-hybridized carbons (Fsp3) is 0.250. The van der Waals surface area contributed by atoms with Gasteiger partial charge in [0, 0.05) is 32.7 Å². The Hall–Kier alpha value is -3.82. The van der Waals surface area contributed by atoms with Crippen LogP contribution in [0.25, 0.3) is 17.0 Å². The van der Waals surface area contributed by atoms with E-state index in [2.05, 4.69) is 25.2 Å². The van der Waals surface area contributed by atoms with Crippen molar-refractivity contribution in [2.45, 2.75) is 6.04 Å². The zero-order valence-corrected chi connectivity index (χ0v) is 16.5. The number of nitrogens with zero attached hydrogens (tertiary/aromatic N) is 8. The Kier molecular flexibility index (Phi) is 4.19. The third kappa shape index (κ3) is 2.97. The van der Waals surface area contributed by atoms with Gasteiger partial charge in [-0.1, -0.05) is 12.1 Å². The second-order valence-corrected chi connectivity index (χ2v) is 7.36. The number of aromatic nitrogens is 6. The average molecular weight is 406 g/mol. The number of carbonyl (C=O) groups is 1. The summed E-state index contributed by atoms with van der Waals surface area (Å²) in [4.78, 5) is 20.5. The lowest BCUT2D eigenvalue weighted by molar-refractivity contribution is 0.0695. The Balaban J connectivity index is 1.35. The first-order valence-corrected chi connectivity index (χ1v) is 9.48. The average Bonchev–Trinajstić information content (AvgIpc) is 3.32. The maximum absolute atomic E-state index is 13.6. The van der Waals surface area contributed by atoms with Crippen LogP contribution in [0.3, 0.4) is 0 Å². The van der Waals surface area contributed by atoms with Crippen LogP contribution in [-0.4, -0.2) is 66.3 Å². The smallest absolute Gasteiger partial charge is 0.272 e. The third-order valence-electron chi connectivity index (χ3n) is 5.42. The number of carbonyl (C=O) groups excluding carboxylic acids is 1. The van der Waals surface area contributed by atoms with Crippen molar-refractivity contribution in [1.29, 1.82) is 0 Å². The summed E-state index contributed by atoms with van der Waals surface area (Å²) in [5.74, 6) is 0.826. The molecule has 1 aromatic carbocycles. The number of anilines is 1. The van der Waals surface area contributed by atoms with Crippen LogP contribution in [0.4, 0.5) is 10.2 Å². The van der Waals surface area contributed by atoms with E-state index in [1.807, 2.05) is 12.1 Å². The van der Waals surface area contributed by atoms with Crippen molar-refractivity contribution in [3.05, 3.63) is 60.4 Å². The lowest BCUT2D eigenvalue weighted by Crippen LogP contribution is -2.60. The number of rotatable bonds is 4. The molecule has 1 saturated heterocycles. The highest BCUT2D eigenvalue weighted by Gasteiger charge is 2.34. The Morgan fingerprint density at radius 1 is 1.20 bits per heavy atom.